The van der Waals surface area contributed by atoms with E-state index >= 15 is 0 Å². The maximum Gasteiger partial charge on any atom is 0.251 e. The summed E-state index contributed by atoms with van der Waals surface area (Å²) in [7, 11) is 0. The summed E-state index contributed by atoms with van der Waals surface area (Å²) in [6, 6.07) is 11.9. The minimum atomic E-state index is -0.0838. The van der Waals surface area contributed by atoms with E-state index in [4.69, 9.17) is 4.74 Å². The third-order valence-corrected chi connectivity index (χ3v) is 5.95. The summed E-state index contributed by atoms with van der Waals surface area (Å²) < 4.78 is 6.14. The average molecular weight is 400 g/mol. The van der Waals surface area contributed by atoms with Gasteiger partial charge in [-0.15, -0.1) is 0 Å². The van der Waals surface area contributed by atoms with Crippen molar-refractivity contribution in [3.8, 4) is 5.75 Å². The van der Waals surface area contributed by atoms with Crippen LogP contribution in [-0.4, -0.2) is 53.0 Å². The van der Waals surface area contributed by atoms with Crippen molar-refractivity contribution in [3.63, 3.8) is 0 Å². The molecule has 1 aromatic carbocycles. The molecule has 1 aliphatic rings. The Balaban J connectivity index is 1.45. The zero-order chi connectivity index (χ0) is 19.8. The molecule has 1 saturated heterocycles. The smallest absolute Gasteiger partial charge is 0.251 e. The molecular formula is C22H29N3O2S. The molecule has 0 unspecified atom stereocenters. The van der Waals surface area contributed by atoms with Gasteiger partial charge in [0.05, 0.1) is 0 Å². The van der Waals surface area contributed by atoms with Gasteiger partial charge >= 0.3 is 0 Å². The minimum absolute atomic E-state index is 0.0838. The highest BCUT2D eigenvalue weighted by molar-refractivity contribution is 7.98. The SMILES string of the molecule is CSC[C@@H](C)N1CCC(Oc2ccc(C(=O)NCc3ccncc3)cc2)CC1. The van der Waals surface area contributed by atoms with Crippen molar-refractivity contribution in [1.29, 1.82) is 0 Å². The first kappa shape index (κ1) is 20.7. The van der Waals surface area contributed by atoms with E-state index in [1.54, 1.807) is 12.4 Å². The number of likely N-dealkylation sites (tertiary alicyclic amines) is 1. The predicted molar refractivity (Wildman–Crippen MR) is 115 cm³/mol. The third kappa shape index (κ3) is 5.97. The molecule has 0 aliphatic carbocycles. The van der Waals surface area contributed by atoms with Gasteiger partial charge in [0, 0.05) is 49.4 Å². The molecule has 0 saturated carbocycles. The molecule has 1 fully saturated rings. The molecule has 1 aromatic heterocycles. The highest BCUT2D eigenvalue weighted by Crippen LogP contribution is 2.21. The summed E-state index contributed by atoms with van der Waals surface area (Å²) in [5, 5.41) is 2.93. The van der Waals surface area contributed by atoms with Gasteiger partial charge in [0.25, 0.3) is 5.91 Å². The lowest BCUT2D eigenvalue weighted by Gasteiger charge is -2.35. The van der Waals surface area contributed by atoms with Crippen molar-refractivity contribution in [2.24, 2.45) is 0 Å². The molecule has 2 aromatic rings. The summed E-state index contributed by atoms with van der Waals surface area (Å²) in [6.45, 7) is 4.97. The molecule has 1 amide bonds. The van der Waals surface area contributed by atoms with Crippen LogP contribution in [0.2, 0.25) is 0 Å². The molecule has 0 bridgehead atoms. The first-order valence-corrected chi connectivity index (χ1v) is 11.2. The Labute approximate surface area is 171 Å². The van der Waals surface area contributed by atoms with E-state index in [0.717, 1.165) is 37.2 Å². The van der Waals surface area contributed by atoms with Crippen molar-refractivity contribution < 1.29 is 9.53 Å². The van der Waals surface area contributed by atoms with Crippen LogP contribution in [0.15, 0.2) is 48.8 Å². The molecule has 5 nitrogen and oxygen atoms in total. The van der Waals surface area contributed by atoms with Gasteiger partial charge in [-0.1, -0.05) is 0 Å². The number of rotatable bonds is 8. The standard InChI is InChI=1S/C22H29N3O2S/c1-17(16-28-2)25-13-9-21(10-14-25)27-20-5-3-19(4-6-20)22(26)24-15-18-7-11-23-12-8-18/h3-8,11-12,17,21H,9-10,13-16H2,1-2H3,(H,24,26)/t17-/m1/s1. The Bertz CT molecular complexity index is 731. The van der Waals surface area contributed by atoms with Crippen LogP contribution >= 0.6 is 11.8 Å². The van der Waals surface area contributed by atoms with E-state index in [1.807, 2.05) is 48.2 Å². The number of piperidine rings is 1. The Morgan fingerprint density at radius 2 is 1.89 bits per heavy atom. The number of nitrogens with zero attached hydrogens (tertiary/aromatic N) is 2. The Kier molecular flexibility index (Phi) is 7.74. The van der Waals surface area contributed by atoms with Gasteiger partial charge < -0.3 is 10.1 Å². The number of thioether (sulfide) groups is 1. The largest absolute Gasteiger partial charge is 0.490 e. The molecule has 28 heavy (non-hydrogen) atoms. The summed E-state index contributed by atoms with van der Waals surface area (Å²) >= 11 is 1.90. The predicted octanol–water partition coefficient (Wildman–Crippen LogP) is 3.61. The molecule has 150 valence electrons. The fourth-order valence-electron chi connectivity index (χ4n) is 3.44. The number of hydrogen-bond acceptors (Lipinski definition) is 5. The lowest BCUT2D eigenvalue weighted by molar-refractivity contribution is 0.0853. The van der Waals surface area contributed by atoms with Crippen LogP contribution < -0.4 is 10.1 Å². The fourth-order valence-corrected chi connectivity index (χ4v) is 4.14. The minimum Gasteiger partial charge on any atom is -0.490 e. The van der Waals surface area contributed by atoms with Gasteiger partial charge in [-0.3, -0.25) is 14.7 Å². The van der Waals surface area contributed by atoms with Crippen LogP contribution in [0.1, 0.15) is 35.7 Å². The molecule has 0 spiro atoms. The highest BCUT2D eigenvalue weighted by atomic mass is 32.2. The monoisotopic (exact) mass is 399 g/mol. The molecule has 1 atom stereocenters. The van der Waals surface area contributed by atoms with E-state index in [1.165, 1.54) is 5.75 Å². The van der Waals surface area contributed by atoms with Crippen molar-refractivity contribution in [1.82, 2.24) is 15.2 Å². The van der Waals surface area contributed by atoms with Gasteiger partial charge in [-0.05, 0) is 68.0 Å². The molecule has 1 N–H and O–H groups in total. The number of carbonyl (C=O) groups excluding carboxylic acids is 1. The summed E-state index contributed by atoms with van der Waals surface area (Å²) in [5.74, 6) is 1.93. The maximum atomic E-state index is 12.3. The number of benzene rings is 1. The van der Waals surface area contributed by atoms with E-state index in [0.29, 0.717) is 18.2 Å². The molecule has 3 rings (SSSR count). The zero-order valence-electron chi connectivity index (χ0n) is 16.6. The fraction of sp³-hybridized carbons (Fsp3) is 0.455. The number of ether oxygens (including phenoxy) is 1. The second-order valence-corrected chi connectivity index (χ2v) is 8.13. The van der Waals surface area contributed by atoms with Crippen molar-refractivity contribution >= 4 is 17.7 Å². The van der Waals surface area contributed by atoms with Crippen LogP contribution in [0.25, 0.3) is 0 Å². The van der Waals surface area contributed by atoms with Gasteiger partial charge in [-0.25, -0.2) is 0 Å². The lowest BCUT2D eigenvalue weighted by Crippen LogP contribution is -2.43. The van der Waals surface area contributed by atoms with E-state index < -0.39 is 0 Å². The number of carbonyl (C=O) groups is 1. The van der Waals surface area contributed by atoms with Crippen LogP contribution in [0, 0.1) is 0 Å². The molecule has 0 radical (unpaired) electrons. The summed E-state index contributed by atoms with van der Waals surface area (Å²) in [4.78, 5) is 18.8. The van der Waals surface area contributed by atoms with Crippen LogP contribution in [-0.2, 0) is 6.54 Å². The third-order valence-electron chi connectivity index (χ3n) is 5.13. The van der Waals surface area contributed by atoms with Crippen molar-refractivity contribution in [3.05, 3.63) is 59.9 Å². The van der Waals surface area contributed by atoms with E-state index in [2.05, 4.69) is 28.4 Å². The molecular weight excluding hydrogens is 370 g/mol. The van der Waals surface area contributed by atoms with Crippen molar-refractivity contribution in [2.75, 3.05) is 25.1 Å². The average Bonchev–Trinajstić information content (AvgIpc) is 2.74. The quantitative estimate of drug-likeness (QED) is 0.735. The number of nitrogens with one attached hydrogen (secondary N) is 1. The van der Waals surface area contributed by atoms with Gasteiger partial charge in [0.15, 0.2) is 0 Å². The number of amides is 1. The molecule has 6 heteroatoms. The molecule has 1 aliphatic heterocycles. The summed E-state index contributed by atoms with van der Waals surface area (Å²) in [6.07, 6.45) is 7.96. The van der Waals surface area contributed by atoms with Gasteiger partial charge in [0.2, 0.25) is 0 Å². The second kappa shape index (κ2) is 10.5. The number of pyridine rings is 1. The molecule has 2 heterocycles. The maximum absolute atomic E-state index is 12.3. The Morgan fingerprint density at radius 3 is 2.54 bits per heavy atom. The van der Waals surface area contributed by atoms with Crippen molar-refractivity contribution in [2.45, 2.75) is 38.5 Å². The van der Waals surface area contributed by atoms with Gasteiger partial charge in [0.1, 0.15) is 11.9 Å². The first-order chi connectivity index (χ1) is 13.7. The number of aromatic nitrogens is 1. The first-order valence-electron chi connectivity index (χ1n) is 9.82. The zero-order valence-corrected chi connectivity index (χ0v) is 17.5. The van der Waals surface area contributed by atoms with E-state index in [9.17, 15) is 4.79 Å². The Morgan fingerprint density at radius 1 is 1.21 bits per heavy atom. The highest BCUT2D eigenvalue weighted by Gasteiger charge is 2.23. The van der Waals surface area contributed by atoms with E-state index in [-0.39, 0.29) is 12.0 Å². The van der Waals surface area contributed by atoms with Gasteiger partial charge in [-0.2, -0.15) is 11.8 Å². The summed E-state index contributed by atoms with van der Waals surface area (Å²) in [5.41, 5.74) is 1.67. The lowest BCUT2D eigenvalue weighted by atomic mass is 10.1. The van der Waals surface area contributed by atoms with Crippen LogP contribution in [0.4, 0.5) is 0 Å². The van der Waals surface area contributed by atoms with Crippen LogP contribution in [0.5, 0.6) is 5.75 Å². The normalized spacial score (nSPS) is 16.5. The van der Waals surface area contributed by atoms with Crippen LogP contribution in [0.3, 0.4) is 0 Å². The second-order valence-electron chi connectivity index (χ2n) is 7.22. The number of hydrogen-bond donors (Lipinski definition) is 1. The Hall–Kier alpha value is -2.05. The topological polar surface area (TPSA) is 54.5 Å².